The molecule has 10 heteroatoms. The average Bonchev–Trinajstić information content (AvgIpc) is 3.53. The van der Waals surface area contributed by atoms with E-state index in [2.05, 4.69) is 10.6 Å². The Morgan fingerprint density at radius 1 is 0.618 bits per heavy atom. The number of aliphatic carboxylic acids is 2. The molecular formula is C24H38N2O8. The number of rotatable bonds is 4. The standard InChI is InChI=1S/2C12H19NO4/c2*1-12(2,3)17-11(16)13-9-5-8(10(14)15)6-4-7(6)9/h2*6-9H,4-5H2,1-3H3,(H,13,16)(H,14,15)/t2*6-,7+,8-,9+/m10/s1. The Hall–Kier alpha value is -2.52. The van der Waals surface area contributed by atoms with Gasteiger partial charge in [-0.25, -0.2) is 9.59 Å². The zero-order valence-electron chi connectivity index (χ0n) is 20.8. The van der Waals surface area contributed by atoms with Crippen LogP contribution in [0.15, 0.2) is 0 Å². The van der Waals surface area contributed by atoms with Crippen LogP contribution in [0.1, 0.15) is 67.2 Å². The molecule has 4 rings (SSSR count). The van der Waals surface area contributed by atoms with Gasteiger partial charge in [0.2, 0.25) is 0 Å². The van der Waals surface area contributed by atoms with E-state index in [0.29, 0.717) is 24.7 Å². The highest BCUT2D eigenvalue weighted by atomic mass is 16.6. The second-order valence-electron chi connectivity index (χ2n) is 12.0. The van der Waals surface area contributed by atoms with Gasteiger partial charge in [0.25, 0.3) is 0 Å². The minimum absolute atomic E-state index is 0.0315. The van der Waals surface area contributed by atoms with Crippen LogP contribution in [0.2, 0.25) is 0 Å². The third-order valence-electron chi connectivity index (χ3n) is 6.90. The summed E-state index contributed by atoms with van der Waals surface area (Å²) in [5.41, 5.74) is -1.03. The number of carbonyl (C=O) groups is 4. The lowest BCUT2D eigenvalue weighted by Gasteiger charge is -2.22. The van der Waals surface area contributed by atoms with Crippen LogP contribution in [-0.2, 0) is 19.1 Å². The number of carboxylic acids is 2. The molecule has 0 bridgehead atoms. The van der Waals surface area contributed by atoms with E-state index in [1.54, 1.807) is 41.5 Å². The number of hydrogen-bond donors (Lipinski definition) is 4. The molecule has 192 valence electrons. The van der Waals surface area contributed by atoms with Gasteiger partial charge in [-0.1, -0.05) is 0 Å². The molecule has 8 atom stereocenters. The molecule has 4 saturated carbocycles. The van der Waals surface area contributed by atoms with E-state index in [1.807, 2.05) is 0 Å². The number of hydrogen-bond acceptors (Lipinski definition) is 6. The lowest BCUT2D eigenvalue weighted by Crippen LogP contribution is -2.39. The van der Waals surface area contributed by atoms with Crippen LogP contribution in [0.3, 0.4) is 0 Å². The molecule has 0 radical (unpaired) electrons. The van der Waals surface area contributed by atoms with Crippen LogP contribution >= 0.6 is 0 Å². The molecule has 0 heterocycles. The molecule has 4 fully saturated rings. The van der Waals surface area contributed by atoms with Crippen molar-refractivity contribution in [3.8, 4) is 0 Å². The first-order valence-corrected chi connectivity index (χ1v) is 12.0. The molecule has 0 aromatic heterocycles. The number of carboxylic acid groups (broad SMARTS) is 2. The predicted octanol–water partition coefficient (Wildman–Crippen LogP) is 3.24. The van der Waals surface area contributed by atoms with Gasteiger partial charge in [-0.15, -0.1) is 0 Å². The summed E-state index contributed by atoms with van der Waals surface area (Å²) in [7, 11) is 0. The van der Waals surface area contributed by atoms with Crippen molar-refractivity contribution in [2.75, 3.05) is 0 Å². The minimum atomic E-state index is -0.744. The van der Waals surface area contributed by atoms with Crippen LogP contribution in [0.4, 0.5) is 9.59 Å². The van der Waals surface area contributed by atoms with E-state index in [-0.39, 0.29) is 35.8 Å². The fourth-order valence-corrected chi connectivity index (χ4v) is 5.39. The Bertz CT molecular complexity index is 762. The highest BCUT2D eigenvalue weighted by Crippen LogP contribution is 2.56. The fourth-order valence-electron chi connectivity index (χ4n) is 5.39. The van der Waals surface area contributed by atoms with Crippen molar-refractivity contribution < 1.29 is 38.9 Å². The molecule has 0 unspecified atom stereocenters. The Kier molecular flexibility index (Phi) is 7.11. The molecule has 34 heavy (non-hydrogen) atoms. The zero-order chi connectivity index (χ0) is 25.6. The summed E-state index contributed by atoms with van der Waals surface area (Å²) >= 11 is 0. The first-order chi connectivity index (χ1) is 15.6. The quantitative estimate of drug-likeness (QED) is 0.477. The average molecular weight is 483 g/mol. The second-order valence-corrected chi connectivity index (χ2v) is 12.0. The SMILES string of the molecule is CC(C)(C)OC(=O)N[C@@H]1C[C@H](C(=O)O)[C@H]2C[C@H]21.CC(C)(C)OC(=O)N[C@H]1C[C@@H](C(=O)O)[C@@H]2C[C@@H]21. The molecule has 2 amide bonds. The molecule has 4 aliphatic rings. The van der Waals surface area contributed by atoms with Gasteiger partial charge in [-0.05, 0) is 90.9 Å². The molecule has 0 saturated heterocycles. The number of ether oxygens (including phenoxy) is 2. The summed E-state index contributed by atoms with van der Waals surface area (Å²) < 4.78 is 10.3. The van der Waals surface area contributed by atoms with Gasteiger partial charge in [-0.3, -0.25) is 9.59 Å². The molecule has 4 N–H and O–H groups in total. The molecule has 0 aliphatic heterocycles. The van der Waals surface area contributed by atoms with Crippen molar-refractivity contribution >= 4 is 24.1 Å². The number of carbonyl (C=O) groups excluding carboxylic acids is 2. The summed E-state index contributed by atoms with van der Waals surface area (Å²) in [6.07, 6.45) is 2.00. The van der Waals surface area contributed by atoms with Crippen molar-refractivity contribution in [2.24, 2.45) is 35.5 Å². The van der Waals surface area contributed by atoms with E-state index in [9.17, 15) is 19.2 Å². The smallest absolute Gasteiger partial charge is 0.407 e. The topological polar surface area (TPSA) is 151 Å². The van der Waals surface area contributed by atoms with E-state index in [1.165, 1.54) is 0 Å². The third kappa shape index (κ3) is 6.76. The van der Waals surface area contributed by atoms with Crippen LogP contribution in [0, 0.1) is 35.5 Å². The Morgan fingerprint density at radius 2 is 0.941 bits per heavy atom. The van der Waals surface area contributed by atoms with Crippen molar-refractivity contribution in [1.82, 2.24) is 10.6 Å². The number of nitrogens with one attached hydrogen (secondary N) is 2. The monoisotopic (exact) mass is 482 g/mol. The second kappa shape index (κ2) is 9.26. The normalized spacial score (nSPS) is 35.0. The highest BCUT2D eigenvalue weighted by Gasteiger charge is 2.58. The van der Waals surface area contributed by atoms with Crippen LogP contribution < -0.4 is 10.6 Å². The van der Waals surface area contributed by atoms with E-state index >= 15 is 0 Å². The fraction of sp³-hybridized carbons (Fsp3) is 0.833. The van der Waals surface area contributed by atoms with Crippen LogP contribution in [-0.4, -0.2) is 57.6 Å². The summed E-state index contributed by atoms with van der Waals surface area (Å²) in [5.74, 6) is -0.885. The zero-order valence-corrected chi connectivity index (χ0v) is 20.8. The van der Waals surface area contributed by atoms with E-state index in [0.717, 1.165) is 12.8 Å². The lowest BCUT2D eigenvalue weighted by molar-refractivity contribution is -0.143. The Labute approximate surface area is 200 Å². The maximum Gasteiger partial charge on any atom is 0.407 e. The number of alkyl carbamates (subject to hydrolysis) is 2. The molecule has 0 aromatic carbocycles. The summed E-state index contributed by atoms with van der Waals surface area (Å²) in [5, 5.41) is 23.6. The Balaban J connectivity index is 0.000000191. The van der Waals surface area contributed by atoms with Crippen molar-refractivity contribution in [1.29, 1.82) is 0 Å². The third-order valence-corrected chi connectivity index (χ3v) is 6.90. The number of amides is 2. The van der Waals surface area contributed by atoms with Crippen molar-refractivity contribution in [3.05, 3.63) is 0 Å². The molecule has 4 aliphatic carbocycles. The lowest BCUT2D eigenvalue weighted by atomic mass is 10.0. The van der Waals surface area contributed by atoms with Gasteiger partial charge in [0.1, 0.15) is 11.2 Å². The molecular weight excluding hydrogens is 444 g/mol. The largest absolute Gasteiger partial charge is 0.481 e. The van der Waals surface area contributed by atoms with Crippen molar-refractivity contribution in [2.45, 2.75) is 90.5 Å². The summed E-state index contributed by atoms with van der Waals surface area (Å²) in [6.45, 7) is 10.8. The first kappa shape index (κ1) is 26.1. The van der Waals surface area contributed by atoms with Gasteiger partial charge in [-0.2, -0.15) is 0 Å². The Morgan fingerprint density at radius 3 is 1.18 bits per heavy atom. The van der Waals surface area contributed by atoms with Crippen molar-refractivity contribution in [3.63, 3.8) is 0 Å². The van der Waals surface area contributed by atoms with Crippen LogP contribution in [0.5, 0.6) is 0 Å². The molecule has 0 aromatic rings. The van der Waals surface area contributed by atoms with E-state index in [4.69, 9.17) is 19.7 Å². The molecule has 10 nitrogen and oxygen atoms in total. The predicted molar refractivity (Wildman–Crippen MR) is 121 cm³/mol. The first-order valence-electron chi connectivity index (χ1n) is 12.0. The highest BCUT2D eigenvalue weighted by molar-refractivity contribution is 5.74. The number of fused-ring (bicyclic) bond motifs is 2. The maximum atomic E-state index is 11.6. The van der Waals surface area contributed by atoms with E-state index < -0.39 is 35.3 Å². The minimum Gasteiger partial charge on any atom is -0.481 e. The van der Waals surface area contributed by atoms with Gasteiger partial charge >= 0.3 is 24.1 Å². The summed E-state index contributed by atoms with van der Waals surface area (Å²) in [6, 6.07) is -0.0631. The van der Waals surface area contributed by atoms with Gasteiger partial charge in [0, 0.05) is 12.1 Å². The molecule has 0 spiro atoms. The maximum absolute atomic E-state index is 11.6. The van der Waals surface area contributed by atoms with Gasteiger partial charge in [0.15, 0.2) is 0 Å². The van der Waals surface area contributed by atoms with Gasteiger partial charge in [0.05, 0.1) is 11.8 Å². The summed E-state index contributed by atoms with van der Waals surface area (Å²) in [4.78, 5) is 45.1. The van der Waals surface area contributed by atoms with Gasteiger partial charge < -0.3 is 30.3 Å². The van der Waals surface area contributed by atoms with Crippen LogP contribution in [0.25, 0.3) is 0 Å².